The van der Waals surface area contributed by atoms with Crippen molar-refractivity contribution >= 4 is 46.5 Å². The zero-order valence-electron chi connectivity index (χ0n) is 17.0. The number of nitrogens with one attached hydrogen (secondary N) is 1. The lowest BCUT2D eigenvalue weighted by atomic mass is 10.1. The highest BCUT2D eigenvalue weighted by Gasteiger charge is 2.34. The molecular formula is C22H21ClN2O5S. The number of carbonyl (C=O) groups is 3. The monoisotopic (exact) mass is 460 g/mol. The van der Waals surface area contributed by atoms with Crippen LogP contribution in [0.5, 0.6) is 11.5 Å². The number of ether oxygens (including phenoxy) is 2. The maximum absolute atomic E-state index is 12.5. The summed E-state index contributed by atoms with van der Waals surface area (Å²) < 4.78 is 10.4. The predicted octanol–water partition coefficient (Wildman–Crippen LogP) is 3.75. The van der Waals surface area contributed by atoms with E-state index in [1.807, 2.05) is 0 Å². The molecule has 0 saturated carbocycles. The fourth-order valence-electron chi connectivity index (χ4n) is 2.94. The molecule has 1 N–H and O–H groups in total. The highest BCUT2D eigenvalue weighted by atomic mass is 35.5. The first-order chi connectivity index (χ1) is 14.9. The Bertz CT molecular complexity index is 1020. The predicted molar refractivity (Wildman–Crippen MR) is 120 cm³/mol. The summed E-state index contributed by atoms with van der Waals surface area (Å²) >= 11 is 6.74. The van der Waals surface area contributed by atoms with Crippen LogP contribution in [-0.4, -0.2) is 49.3 Å². The van der Waals surface area contributed by atoms with Gasteiger partial charge < -0.3 is 14.8 Å². The first-order valence-corrected chi connectivity index (χ1v) is 10.6. The van der Waals surface area contributed by atoms with E-state index in [1.54, 1.807) is 55.7 Å². The van der Waals surface area contributed by atoms with Gasteiger partial charge in [-0.25, -0.2) is 0 Å². The Kier molecular flexibility index (Phi) is 7.59. The Hall–Kier alpha value is -2.97. The molecule has 0 aliphatic carbocycles. The highest BCUT2D eigenvalue weighted by Crippen LogP contribution is 2.32. The fraction of sp³-hybridized carbons (Fsp3) is 0.227. The summed E-state index contributed by atoms with van der Waals surface area (Å²) in [6.45, 7) is 0.248. The molecule has 0 bridgehead atoms. The summed E-state index contributed by atoms with van der Waals surface area (Å²) in [5.41, 5.74) is 1.48. The summed E-state index contributed by atoms with van der Waals surface area (Å²) in [4.78, 5) is 38.5. The van der Waals surface area contributed by atoms with Gasteiger partial charge in [-0.15, -0.1) is 0 Å². The number of imide groups is 1. The molecule has 2 aromatic rings. The summed E-state index contributed by atoms with van der Waals surface area (Å²) in [6, 6.07) is 12.2. The molecule has 3 rings (SSSR count). The number of carbonyl (C=O) groups excluding carboxylic acids is 3. The molecule has 1 aliphatic heterocycles. The molecule has 1 aliphatic rings. The molecule has 31 heavy (non-hydrogen) atoms. The van der Waals surface area contributed by atoms with Gasteiger partial charge >= 0.3 is 0 Å². The Morgan fingerprint density at radius 3 is 2.55 bits per heavy atom. The maximum Gasteiger partial charge on any atom is 0.293 e. The van der Waals surface area contributed by atoms with Crippen LogP contribution in [0.25, 0.3) is 6.08 Å². The van der Waals surface area contributed by atoms with Gasteiger partial charge in [-0.3, -0.25) is 19.3 Å². The lowest BCUT2D eigenvalue weighted by molar-refractivity contribution is -0.124. The average molecular weight is 461 g/mol. The molecule has 0 spiro atoms. The van der Waals surface area contributed by atoms with Crippen molar-refractivity contribution in [3.8, 4) is 11.5 Å². The van der Waals surface area contributed by atoms with E-state index in [0.29, 0.717) is 27.0 Å². The van der Waals surface area contributed by atoms with E-state index in [0.717, 1.165) is 22.2 Å². The van der Waals surface area contributed by atoms with Crippen LogP contribution in [-0.2, 0) is 16.0 Å². The van der Waals surface area contributed by atoms with E-state index in [2.05, 4.69) is 5.32 Å². The number of hydrogen-bond acceptors (Lipinski definition) is 6. The molecule has 1 heterocycles. The number of amides is 3. The minimum atomic E-state index is -0.379. The van der Waals surface area contributed by atoms with E-state index in [1.165, 1.54) is 7.11 Å². The number of hydrogen-bond donors (Lipinski definition) is 1. The fourth-order valence-corrected chi connectivity index (χ4v) is 3.93. The van der Waals surface area contributed by atoms with Crippen LogP contribution in [0.1, 0.15) is 11.1 Å². The molecule has 0 aromatic heterocycles. The third-order valence-electron chi connectivity index (χ3n) is 4.54. The van der Waals surface area contributed by atoms with Gasteiger partial charge in [0.25, 0.3) is 11.1 Å². The van der Waals surface area contributed by atoms with Crippen LogP contribution in [0.4, 0.5) is 4.79 Å². The highest BCUT2D eigenvalue weighted by molar-refractivity contribution is 8.18. The molecule has 1 saturated heterocycles. The molecular weight excluding hydrogens is 440 g/mol. The summed E-state index contributed by atoms with van der Waals surface area (Å²) in [7, 11) is 3.07. The van der Waals surface area contributed by atoms with Crippen LogP contribution < -0.4 is 14.8 Å². The van der Waals surface area contributed by atoms with Crippen molar-refractivity contribution < 1.29 is 23.9 Å². The average Bonchev–Trinajstić information content (AvgIpc) is 3.03. The van der Waals surface area contributed by atoms with Gasteiger partial charge in [-0.05, 0) is 41.6 Å². The van der Waals surface area contributed by atoms with Crippen LogP contribution >= 0.6 is 23.4 Å². The third kappa shape index (κ3) is 5.80. The minimum Gasteiger partial charge on any atom is -0.497 e. The Morgan fingerprint density at radius 1 is 1.13 bits per heavy atom. The molecule has 0 atom stereocenters. The van der Waals surface area contributed by atoms with Gasteiger partial charge in [-0.1, -0.05) is 29.8 Å². The molecule has 1 fully saturated rings. The van der Waals surface area contributed by atoms with Crippen molar-refractivity contribution in [2.75, 3.05) is 27.3 Å². The van der Waals surface area contributed by atoms with Gasteiger partial charge in [0.05, 0.1) is 25.5 Å². The van der Waals surface area contributed by atoms with Crippen molar-refractivity contribution in [1.29, 1.82) is 0 Å². The van der Waals surface area contributed by atoms with Crippen LogP contribution in [0.3, 0.4) is 0 Å². The maximum atomic E-state index is 12.5. The van der Waals surface area contributed by atoms with E-state index in [9.17, 15) is 14.4 Å². The molecule has 9 heteroatoms. The van der Waals surface area contributed by atoms with Crippen LogP contribution in [0, 0.1) is 0 Å². The number of halogens is 1. The van der Waals surface area contributed by atoms with Gasteiger partial charge in [0.1, 0.15) is 11.5 Å². The number of rotatable bonds is 8. The second-order valence-electron chi connectivity index (χ2n) is 6.59. The largest absolute Gasteiger partial charge is 0.497 e. The molecule has 162 valence electrons. The second-order valence-corrected chi connectivity index (χ2v) is 8.02. The van der Waals surface area contributed by atoms with Crippen molar-refractivity contribution in [1.82, 2.24) is 10.2 Å². The Morgan fingerprint density at radius 2 is 1.87 bits per heavy atom. The number of nitrogens with zero attached hydrogens (tertiary/aromatic N) is 1. The number of benzene rings is 2. The first-order valence-electron chi connectivity index (χ1n) is 9.40. The Labute approximate surface area is 189 Å². The van der Waals surface area contributed by atoms with E-state index >= 15 is 0 Å². The zero-order chi connectivity index (χ0) is 22.4. The van der Waals surface area contributed by atoms with Crippen LogP contribution in [0.2, 0.25) is 5.02 Å². The minimum absolute atomic E-state index is 0.0914. The number of thioether (sulfide) groups is 1. The SMILES string of the molecule is COc1ccc(CC(=O)NCCN2C(=O)S/C(=C\c3ccc(Cl)cc3)C2=O)c(OC)c1. The van der Waals surface area contributed by atoms with E-state index < -0.39 is 0 Å². The van der Waals surface area contributed by atoms with Gasteiger partial charge in [0.2, 0.25) is 5.91 Å². The second kappa shape index (κ2) is 10.4. The van der Waals surface area contributed by atoms with Crippen molar-refractivity contribution in [2.45, 2.75) is 6.42 Å². The topological polar surface area (TPSA) is 84.9 Å². The summed E-state index contributed by atoms with van der Waals surface area (Å²) in [5.74, 6) is 0.558. The van der Waals surface area contributed by atoms with Gasteiger partial charge in [0, 0.05) is 29.7 Å². The Balaban J connectivity index is 1.54. The molecule has 0 radical (unpaired) electrons. The summed E-state index contributed by atoms with van der Waals surface area (Å²) in [6.07, 6.45) is 1.75. The van der Waals surface area contributed by atoms with Crippen molar-refractivity contribution in [3.63, 3.8) is 0 Å². The van der Waals surface area contributed by atoms with E-state index in [-0.39, 0.29) is 36.6 Å². The smallest absolute Gasteiger partial charge is 0.293 e. The van der Waals surface area contributed by atoms with Crippen molar-refractivity contribution in [3.05, 3.63) is 63.5 Å². The number of methoxy groups -OCH3 is 2. The van der Waals surface area contributed by atoms with Gasteiger partial charge in [0.15, 0.2) is 0 Å². The van der Waals surface area contributed by atoms with Crippen molar-refractivity contribution in [2.24, 2.45) is 0 Å². The lowest BCUT2D eigenvalue weighted by Gasteiger charge is -2.14. The zero-order valence-corrected chi connectivity index (χ0v) is 18.6. The molecule has 3 amide bonds. The van der Waals surface area contributed by atoms with E-state index in [4.69, 9.17) is 21.1 Å². The molecule has 2 aromatic carbocycles. The molecule has 7 nitrogen and oxygen atoms in total. The normalized spacial score (nSPS) is 14.8. The quantitative estimate of drug-likeness (QED) is 0.604. The molecule has 0 unspecified atom stereocenters. The summed E-state index contributed by atoms with van der Waals surface area (Å²) in [5, 5.41) is 2.96. The first kappa shape index (κ1) is 22.7. The van der Waals surface area contributed by atoms with Crippen LogP contribution in [0.15, 0.2) is 47.4 Å². The lowest BCUT2D eigenvalue weighted by Crippen LogP contribution is -2.37. The van der Waals surface area contributed by atoms with Gasteiger partial charge in [-0.2, -0.15) is 0 Å². The standard InChI is InChI=1S/C22H21ClN2O5S/c1-29-17-8-5-15(18(13-17)30-2)12-20(26)24-9-10-25-21(27)19(31-22(25)28)11-14-3-6-16(23)7-4-14/h3-8,11,13H,9-10,12H2,1-2H3,(H,24,26)/b19-11-. The third-order valence-corrected chi connectivity index (χ3v) is 5.70.